The predicted octanol–water partition coefficient (Wildman–Crippen LogP) is 3.56. The first-order valence-corrected chi connectivity index (χ1v) is 5.78. The zero-order chi connectivity index (χ0) is 13.4. The molecule has 0 saturated heterocycles. The molecule has 0 spiro atoms. The highest BCUT2D eigenvalue weighted by atomic mass is 35.5. The Hall–Kier alpha value is -1.52. The van der Waals surface area contributed by atoms with E-state index in [1.165, 1.54) is 13.2 Å². The number of fused-ring (bicyclic) bond motifs is 1. The lowest BCUT2D eigenvalue weighted by Crippen LogP contribution is -2.02. The minimum atomic E-state index is -1.15. The van der Waals surface area contributed by atoms with Crippen LogP contribution in [-0.4, -0.2) is 23.2 Å². The van der Waals surface area contributed by atoms with Crippen LogP contribution < -0.4 is 4.74 Å². The molecule has 0 unspecified atom stereocenters. The molecule has 94 valence electrons. The van der Waals surface area contributed by atoms with Crippen molar-refractivity contribution < 1.29 is 14.6 Å². The number of aryl methyl sites for hydroxylation is 1. The average molecular weight is 286 g/mol. The number of rotatable bonds is 2. The standard InChI is InChI=1S/C12H9Cl2NO3/c1-5-3-6(13)11-9(10(5)14)8(18-2)4-7(15-11)12(16)17/h3-4H,1-2H3,(H,16,17). The van der Waals surface area contributed by atoms with Crippen LogP contribution in [0.5, 0.6) is 5.75 Å². The number of hydrogen-bond acceptors (Lipinski definition) is 3. The molecule has 1 aromatic heterocycles. The summed E-state index contributed by atoms with van der Waals surface area (Å²) in [6, 6.07) is 2.97. The van der Waals surface area contributed by atoms with Crippen molar-refractivity contribution in [2.45, 2.75) is 6.92 Å². The van der Waals surface area contributed by atoms with Gasteiger partial charge in [-0.2, -0.15) is 0 Å². The summed E-state index contributed by atoms with van der Waals surface area (Å²) in [6.45, 7) is 1.80. The van der Waals surface area contributed by atoms with Crippen LogP contribution in [-0.2, 0) is 0 Å². The van der Waals surface area contributed by atoms with Gasteiger partial charge in [0.25, 0.3) is 0 Å². The van der Waals surface area contributed by atoms with Gasteiger partial charge in [-0.3, -0.25) is 0 Å². The molecule has 6 heteroatoms. The van der Waals surface area contributed by atoms with Gasteiger partial charge in [-0.15, -0.1) is 0 Å². The summed E-state index contributed by atoms with van der Waals surface area (Å²) in [4.78, 5) is 15.0. The molecule has 4 nitrogen and oxygen atoms in total. The molecule has 0 atom stereocenters. The van der Waals surface area contributed by atoms with Gasteiger partial charge in [0.05, 0.1) is 28.1 Å². The molecule has 0 amide bonds. The molecule has 1 aromatic carbocycles. The fraction of sp³-hybridized carbons (Fsp3) is 0.167. The molecule has 1 N–H and O–H groups in total. The highest BCUT2D eigenvalue weighted by molar-refractivity contribution is 6.41. The monoisotopic (exact) mass is 285 g/mol. The number of carboxylic acid groups (broad SMARTS) is 1. The molecular weight excluding hydrogens is 277 g/mol. The lowest BCUT2D eigenvalue weighted by Gasteiger charge is -2.11. The molecule has 0 aliphatic carbocycles. The van der Waals surface area contributed by atoms with Gasteiger partial charge in [0.2, 0.25) is 0 Å². The van der Waals surface area contributed by atoms with E-state index in [4.69, 9.17) is 33.0 Å². The van der Waals surface area contributed by atoms with Gasteiger partial charge >= 0.3 is 5.97 Å². The van der Waals surface area contributed by atoms with Crippen LogP contribution in [0, 0.1) is 6.92 Å². The van der Waals surface area contributed by atoms with Crippen molar-refractivity contribution in [2.24, 2.45) is 0 Å². The van der Waals surface area contributed by atoms with Gasteiger partial charge in [-0.05, 0) is 18.6 Å². The first-order chi connectivity index (χ1) is 8.45. The predicted molar refractivity (Wildman–Crippen MR) is 70.0 cm³/mol. The SMILES string of the molecule is COc1cc(C(=O)O)nc2c(Cl)cc(C)c(Cl)c12. The maximum absolute atomic E-state index is 11.0. The van der Waals surface area contributed by atoms with Gasteiger partial charge in [-0.25, -0.2) is 9.78 Å². The lowest BCUT2D eigenvalue weighted by molar-refractivity contribution is 0.0690. The molecule has 0 radical (unpaired) electrons. The lowest BCUT2D eigenvalue weighted by atomic mass is 10.1. The van der Waals surface area contributed by atoms with Crippen LogP contribution in [0.25, 0.3) is 10.9 Å². The summed E-state index contributed by atoms with van der Waals surface area (Å²) in [5.41, 5.74) is 0.961. The van der Waals surface area contributed by atoms with Crippen molar-refractivity contribution >= 4 is 40.1 Å². The van der Waals surface area contributed by atoms with Crippen LogP contribution in [0.4, 0.5) is 0 Å². The number of carboxylic acids is 1. The molecule has 2 aromatic rings. The van der Waals surface area contributed by atoms with E-state index >= 15 is 0 Å². The number of nitrogens with zero attached hydrogens (tertiary/aromatic N) is 1. The van der Waals surface area contributed by atoms with Crippen molar-refractivity contribution in [1.82, 2.24) is 4.98 Å². The first kappa shape index (κ1) is 12.9. The molecule has 0 aliphatic rings. The van der Waals surface area contributed by atoms with Gasteiger partial charge in [-0.1, -0.05) is 23.2 Å². The van der Waals surface area contributed by atoms with E-state index < -0.39 is 5.97 Å². The second kappa shape index (κ2) is 4.63. The Morgan fingerprint density at radius 2 is 2.06 bits per heavy atom. The van der Waals surface area contributed by atoms with Crippen molar-refractivity contribution in [1.29, 1.82) is 0 Å². The first-order valence-electron chi connectivity index (χ1n) is 5.02. The summed E-state index contributed by atoms with van der Waals surface area (Å²) < 4.78 is 5.16. The van der Waals surface area contributed by atoms with E-state index in [9.17, 15) is 4.79 Å². The molecule has 0 fully saturated rings. The van der Waals surface area contributed by atoms with E-state index in [1.54, 1.807) is 13.0 Å². The summed E-state index contributed by atoms with van der Waals surface area (Å²) in [5, 5.41) is 10.3. The highest BCUT2D eigenvalue weighted by Gasteiger charge is 2.17. The van der Waals surface area contributed by atoms with Crippen LogP contribution in [0.15, 0.2) is 12.1 Å². The highest BCUT2D eigenvalue weighted by Crippen LogP contribution is 2.37. The number of methoxy groups -OCH3 is 1. The van der Waals surface area contributed by atoms with Crippen molar-refractivity contribution in [3.8, 4) is 5.75 Å². The number of carbonyl (C=O) groups is 1. The molecule has 18 heavy (non-hydrogen) atoms. The second-order valence-electron chi connectivity index (χ2n) is 3.73. The zero-order valence-electron chi connectivity index (χ0n) is 9.62. The second-order valence-corrected chi connectivity index (χ2v) is 4.51. The van der Waals surface area contributed by atoms with E-state index in [0.717, 1.165) is 5.56 Å². The van der Waals surface area contributed by atoms with E-state index in [2.05, 4.69) is 4.98 Å². The Labute approximate surface area is 113 Å². The molecule has 1 heterocycles. The van der Waals surface area contributed by atoms with Crippen LogP contribution in [0.3, 0.4) is 0 Å². The minimum absolute atomic E-state index is 0.138. The molecule has 2 rings (SSSR count). The van der Waals surface area contributed by atoms with Crippen molar-refractivity contribution in [3.05, 3.63) is 33.4 Å². The summed E-state index contributed by atoms with van der Waals surface area (Å²) >= 11 is 12.3. The third kappa shape index (κ3) is 1.98. The molecule has 0 saturated carbocycles. The van der Waals surface area contributed by atoms with Gasteiger partial charge in [0.15, 0.2) is 5.69 Å². The largest absolute Gasteiger partial charge is 0.496 e. The topological polar surface area (TPSA) is 59.4 Å². The third-order valence-corrected chi connectivity index (χ3v) is 3.33. The Balaban J connectivity index is 2.96. The van der Waals surface area contributed by atoms with Gasteiger partial charge < -0.3 is 9.84 Å². The van der Waals surface area contributed by atoms with Gasteiger partial charge in [0, 0.05) is 6.07 Å². The number of benzene rings is 1. The Morgan fingerprint density at radius 3 is 2.61 bits per heavy atom. The third-order valence-electron chi connectivity index (χ3n) is 2.56. The average Bonchev–Trinajstić information content (AvgIpc) is 2.34. The number of ether oxygens (including phenoxy) is 1. The Morgan fingerprint density at radius 1 is 1.39 bits per heavy atom. The maximum Gasteiger partial charge on any atom is 0.354 e. The fourth-order valence-corrected chi connectivity index (χ4v) is 2.23. The number of hydrogen-bond donors (Lipinski definition) is 1. The molecule has 0 bridgehead atoms. The quantitative estimate of drug-likeness (QED) is 0.917. The van der Waals surface area contributed by atoms with E-state index in [1.807, 2.05) is 0 Å². The van der Waals surface area contributed by atoms with Crippen LogP contribution >= 0.6 is 23.2 Å². The number of halogens is 2. The smallest absolute Gasteiger partial charge is 0.354 e. The van der Waals surface area contributed by atoms with Crippen molar-refractivity contribution in [2.75, 3.05) is 7.11 Å². The van der Waals surface area contributed by atoms with Crippen LogP contribution in [0.2, 0.25) is 10.0 Å². The minimum Gasteiger partial charge on any atom is -0.496 e. The molecular formula is C12H9Cl2NO3. The van der Waals surface area contributed by atoms with E-state index in [0.29, 0.717) is 26.7 Å². The maximum atomic E-state index is 11.0. The fourth-order valence-electron chi connectivity index (χ4n) is 1.70. The zero-order valence-corrected chi connectivity index (χ0v) is 11.1. The summed E-state index contributed by atoms with van der Waals surface area (Å²) in [5.74, 6) is -0.809. The number of aromatic nitrogens is 1. The summed E-state index contributed by atoms with van der Waals surface area (Å²) in [7, 11) is 1.44. The number of pyridine rings is 1. The van der Waals surface area contributed by atoms with E-state index in [-0.39, 0.29) is 5.69 Å². The normalized spacial score (nSPS) is 10.7. The Bertz CT molecular complexity index is 656. The molecule has 0 aliphatic heterocycles. The summed E-state index contributed by atoms with van der Waals surface area (Å²) in [6.07, 6.45) is 0. The van der Waals surface area contributed by atoms with Gasteiger partial charge in [0.1, 0.15) is 5.75 Å². The van der Waals surface area contributed by atoms with Crippen molar-refractivity contribution in [3.63, 3.8) is 0 Å². The van der Waals surface area contributed by atoms with Crippen LogP contribution in [0.1, 0.15) is 16.1 Å². The Kier molecular flexibility index (Phi) is 3.32. The number of aromatic carboxylic acids is 1.